The summed E-state index contributed by atoms with van der Waals surface area (Å²) in [6, 6.07) is 12.0. The minimum atomic E-state index is 0.0560. The number of tetrazole rings is 1. The zero-order valence-corrected chi connectivity index (χ0v) is 14.8. The van der Waals surface area contributed by atoms with E-state index in [0.717, 1.165) is 11.1 Å². The maximum absolute atomic E-state index is 12.3. The molecule has 0 radical (unpaired) electrons. The number of hydrogen-bond donors (Lipinski definition) is 0. The Morgan fingerprint density at radius 3 is 2.83 bits per heavy atom. The number of nitrogens with zero attached hydrogens (tertiary/aromatic N) is 5. The zero-order chi connectivity index (χ0) is 16.8. The number of aromatic nitrogens is 4. The third-order valence-corrected chi connectivity index (χ3v) is 5.10. The van der Waals surface area contributed by atoms with Crippen LogP contribution in [0.4, 0.5) is 0 Å². The number of benzene rings is 1. The van der Waals surface area contributed by atoms with Gasteiger partial charge in [-0.05, 0) is 38.4 Å². The van der Waals surface area contributed by atoms with E-state index in [1.54, 1.807) is 20.9 Å². The molecule has 0 unspecified atom stereocenters. The van der Waals surface area contributed by atoms with Gasteiger partial charge in [0.25, 0.3) is 0 Å². The smallest absolute Gasteiger partial charge is 0.233 e. The van der Waals surface area contributed by atoms with Gasteiger partial charge in [0.15, 0.2) is 0 Å². The van der Waals surface area contributed by atoms with E-state index in [4.69, 9.17) is 0 Å². The molecule has 8 heteroatoms. The molecular weight excluding hydrogens is 342 g/mol. The first-order valence-electron chi connectivity index (χ1n) is 7.40. The van der Waals surface area contributed by atoms with Crippen molar-refractivity contribution in [2.24, 2.45) is 0 Å². The molecule has 0 fully saturated rings. The van der Waals surface area contributed by atoms with Gasteiger partial charge in [0.1, 0.15) is 0 Å². The highest BCUT2D eigenvalue weighted by Crippen LogP contribution is 2.16. The van der Waals surface area contributed by atoms with E-state index in [-0.39, 0.29) is 5.91 Å². The second kappa shape index (κ2) is 8.07. The number of thioether (sulfide) groups is 1. The second-order valence-electron chi connectivity index (χ2n) is 5.27. The Balaban J connectivity index is 1.55. The van der Waals surface area contributed by atoms with E-state index in [0.29, 0.717) is 24.0 Å². The number of rotatable bonds is 7. The van der Waals surface area contributed by atoms with Gasteiger partial charge in [0.2, 0.25) is 11.1 Å². The lowest BCUT2D eigenvalue weighted by atomic mass is 10.2. The van der Waals surface area contributed by atoms with Gasteiger partial charge < -0.3 is 4.90 Å². The Kier molecular flexibility index (Phi) is 5.60. The molecule has 3 aromatic rings. The number of carbonyl (C=O) groups is 1. The van der Waals surface area contributed by atoms with E-state index in [1.807, 2.05) is 48.8 Å². The van der Waals surface area contributed by atoms with Crippen LogP contribution in [0.5, 0.6) is 0 Å². The zero-order valence-electron chi connectivity index (χ0n) is 13.2. The molecule has 0 aliphatic carbocycles. The van der Waals surface area contributed by atoms with Crippen LogP contribution in [0.2, 0.25) is 0 Å². The van der Waals surface area contributed by atoms with E-state index in [9.17, 15) is 4.79 Å². The lowest BCUT2D eigenvalue weighted by Crippen LogP contribution is -2.27. The highest BCUT2D eigenvalue weighted by atomic mass is 32.2. The standard InChI is InChI=1S/C16H17N5OS2/c1-20(9-14-7-8-23-11-14)15(22)12-24-16-17-18-19-21(16)10-13-5-3-2-4-6-13/h2-8,11H,9-10,12H2,1H3. The molecule has 0 N–H and O–H groups in total. The quantitative estimate of drug-likeness (QED) is 0.607. The first kappa shape index (κ1) is 16.7. The van der Waals surface area contributed by atoms with Crippen molar-refractivity contribution in [3.63, 3.8) is 0 Å². The Hall–Kier alpha value is -2.19. The molecule has 2 aromatic heterocycles. The van der Waals surface area contributed by atoms with Crippen LogP contribution in [0.1, 0.15) is 11.1 Å². The average molecular weight is 359 g/mol. The lowest BCUT2D eigenvalue weighted by molar-refractivity contribution is -0.127. The Morgan fingerprint density at radius 2 is 2.08 bits per heavy atom. The molecule has 0 saturated heterocycles. The normalized spacial score (nSPS) is 10.7. The fraction of sp³-hybridized carbons (Fsp3) is 0.250. The summed E-state index contributed by atoms with van der Waals surface area (Å²) in [5, 5.41) is 16.5. The highest BCUT2D eigenvalue weighted by molar-refractivity contribution is 7.99. The van der Waals surface area contributed by atoms with Crippen LogP contribution in [-0.2, 0) is 17.9 Å². The van der Waals surface area contributed by atoms with Crippen LogP contribution in [0.3, 0.4) is 0 Å². The van der Waals surface area contributed by atoms with Gasteiger partial charge in [-0.1, -0.05) is 42.1 Å². The molecular formula is C16H17N5OS2. The summed E-state index contributed by atoms with van der Waals surface area (Å²) >= 11 is 2.99. The van der Waals surface area contributed by atoms with Crippen molar-refractivity contribution >= 4 is 29.0 Å². The van der Waals surface area contributed by atoms with Crippen LogP contribution < -0.4 is 0 Å². The molecule has 0 spiro atoms. The predicted molar refractivity (Wildman–Crippen MR) is 94.9 cm³/mol. The molecule has 124 valence electrons. The fourth-order valence-electron chi connectivity index (χ4n) is 2.14. The molecule has 0 atom stereocenters. The van der Waals surface area contributed by atoms with Gasteiger partial charge in [0.05, 0.1) is 12.3 Å². The summed E-state index contributed by atoms with van der Waals surface area (Å²) in [6.07, 6.45) is 0. The van der Waals surface area contributed by atoms with Crippen LogP contribution in [0.25, 0.3) is 0 Å². The molecule has 1 amide bonds. The predicted octanol–water partition coefficient (Wildman–Crippen LogP) is 2.53. The van der Waals surface area contributed by atoms with E-state index in [1.165, 1.54) is 11.8 Å². The average Bonchev–Trinajstić information content (AvgIpc) is 3.25. The summed E-state index contributed by atoms with van der Waals surface area (Å²) in [5.74, 6) is 0.371. The minimum absolute atomic E-state index is 0.0560. The van der Waals surface area contributed by atoms with Crippen LogP contribution in [-0.4, -0.2) is 43.8 Å². The van der Waals surface area contributed by atoms with Crippen LogP contribution in [0.15, 0.2) is 52.3 Å². The number of carbonyl (C=O) groups excluding carboxylic acids is 1. The minimum Gasteiger partial charge on any atom is -0.341 e. The largest absolute Gasteiger partial charge is 0.341 e. The lowest BCUT2D eigenvalue weighted by Gasteiger charge is -2.15. The molecule has 6 nitrogen and oxygen atoms in total. The third-order valence-electron chi connectivity index (χ3n) is 3.42. The maximum atomic E-state index is 12.3. The van der Waals surface area contributed by atoms with Crippen molar-refractivity contribution in [3.8, 4) is 0 Å². The van der Waals surface area contributed by atoms with Gasteiger partial charge in [0, 0.05) is 13.6 Å². The van der Waals surface area contributed by atoms with Gasteiger partial charge in [-0.3, -0.25) is 4.79 Å². The molecule has 24 heavy (non-hydrogen) atoms. The van der Waals surface area contributed by atoms with E-state index < -0.39 is 0 Å². The summed E-state index contributed by atoms with van der Waals surface area (Å²) in [7, 11) is 1.81. The molecule has 1 aromatic carbocycles. The molecule has 2 heterocycles. The fourth-order valence-corrected chi connectivity index (χ4v) is 3.61. The SMILES string of the molecule is CN(Cc1ccsc1)C(=O)CSc1nnnn1Cc1ccccc1. The van der Waals surface area contributed by atoms with E-state index in [2.05, 4.69) is 20.9 Å². The number of hydrogen-bond acceptors (Lipinski definition) is 6. The van der Waals surface area contributed by atoms with Crippen molar-refractivity contribution < 1.29 is 4.79 Å². The maximum Gasteiger partial charge on any atom is 0.233 e. The summed E-state index contributed by atoms with van der Waals surface area (Å²) in [4.78, 5) is 14.0. The van der Waals surface area contributed by atoms with Crippen molar-refractivity contribution in [2.45, 2.75) is 18.2 Å². The molecule has 0 saturated carbocycles. The highest BCUT2D eigenvalue weighted by Gasteiger charge is 2.14. The number of thiophene rings is 1. The van der Waals surface area contributed by atoms with Crippen molar-refractivity contribution in [1.82, 2.24) is 25.1 Å². The second-order valence-corrected chi connectivity index (χ2v) is 7.00. The molecule has 0 bridgehead atoms. The van der Waals surface area contributed by atoms with Gasteiger partial charge >= 0.3 is 0 Å². The summed E-state index contributed by atoms with van der Waals surface area (Å²) in [5.41, 5.74) is 2.27. The van der Waals surface area contributed by atoms with Gasteiger partial charge in [-0.2, -0.15) is 11.3 Å². The summed E-state index contributed by atoms with van der Waals surface area (Å²) in [6.45, 7) is 1.22. The Labute approximate surface area is 148 Å². The summed E-state index contributed by atoms with van der Waals surface area (Å²) < 4.78 is 1.71. The first-order valence-corrected chi connectivity index (χ1v) is 9.33. The molecule has 0 aliphatic rings. The van der Waals surface area contributed by atoms with Gasteiger partial charge in [-0.15, -0.1) is 5.10 Å². The third kappa shape index (κ3) is 4.42. The van der Waals surface area contributed by atoms with Crippen molar-refractivity contribution in [3.05, 3.63) is 58.3 Å². The molecule has 0 aliphatic heterocycles. The Bertz CT molecular complexity index is 773. The molecule has 3 rings (SSSR count). The van der Waals surface area contributed by atoms with Gasteiger partial charge in [-0.25, -0.2) is 4.68 Å². The van der Waals surface area contributed by atoms with Crippen molar-refractivity contribution in [1.29, 1.82) is 0 Å². The monoisotopic (exact) mass is 359 g/mol. The van der Waals surface area contributed by atoms with Crippen LogP contribution in [0, 0.1) is 0 Å². The first-order chi connectivity index (χ1) is 11.7. The topological polar surface area (TPSA) is 63.9 Å². The Morgan fingerprint density at radius 1 is 1.25 bits per heavy atom. The van der Waals surface area contributed by atoms with E-state index >= 15 is 0 Å². The van der Waals surface area contributed by atoms with Crippen LogP contribution >= 0.6 is 23.1 Å². The number of amides is 1. The van der Waals surface area contributed by atoms with Crippen molar-refractivity contribution in [2.75, 3.05) is 12.8 Å².